The Balaban J connectivity index is 1.77. The standard InChI is InChI=1S/C23H28N6O3/c1-4-6-10-24-19(30)12-29-17-9-8-15(3)11-16(17)21-22(29)23(31)28(14-25-21)13-20-26-18(7-5-2)27-32-20/h8-9,11,14H,4-7,10,12-13H2,1-3H3,(H,24,30). The van der Waals surface area contributed by atoms with Crippen molar-refractivity contribution in [3.63, 3.8) is 0 Å². The highest BCUT2D eigenvalue weighted by Crippen LogP contribution is 2.26. The number of aryl methyl sites for hydroxylation is 2. The van der Waals surface area contributed by atoms with Gasteiger partial charge in [0.25, 0.3) is 5.56 Å². The van der Waals surface area contributed by atoms with Crippen LogP contribution in [0.1, 0.15) is 50.4 Å². The van der Waals surface area contributed by atoms with Gasteiger partial charge in [0.1, 0.15) is 24.1 Å². The first-order chi connectivity index (χ1) is 15.5. The van der Waals surface area contributed by atoms with Crippen molar-refractivity contribution in [2.45, 2.75) is 59.5 Å². The number of fused-ring (bicyclic) bond motifs is 3. The minimum absolute atomic E-state index is 0.0505. The minimum Gasteiger partial charge on any atom is -0.355 e. The number of carbonyl (C=O) groups is 1. The molecule has 0 saturated heterocycles. The quantitative estimate of drug-likeness (QED) is 0.404. The minimum atomic E-state index is -0.250. The maximum Gasteiger partial charge on any atom is 0.278 e. The zero-order valence-electron chi connectivity index (χ0n) is 18.7. The molecule has 1 aromatic carbocycles. The van der Waals surface area contributed by atoms with Crippen molar-refractivity contribution in [3.8, 4) is 0 Å². The Morgan fingerprint density at radius 2 is 2.06 bits per heavy atom. The molecule has 3 aromatic heterocycles. The Labute approximate surface area is 185 Å². The molecule has 0 aliphatic carbocycles. The number of aromatic nitrogens is 5. The Hall–Kier alpha value is -3.49. The van der Waals surface area contributed by atoms with E-state index in [0.717, 1.165) is 42.1 Å². The van der Waals surface area contributed by atoms with Crippen LogP contribution in [0.4, 0.5) is 0 Å². The van der Waals surface area contributed by atoms with Gasteiger partial charge in [-0.05, 0) is 31.9 Å². The molecule has 0 unspecified atom stereocenters. The molecule has 9 nitrogen and oxygen atoms in total. The van der Waals surface area contributed by atoms with E-state index in [1.165, 1.54) is 10.9 Å². The van der Waals surface area contributed by atoms with Gasteiger partial charge in [0.2, 0.25) is 11.8 Å². The predicted molar refractivity (Wildman–Crippen MR) is 122 cm³/mol. The summed E-state index contributed by atoms with van der Waals surface area (Å²) in [5.74, 6) is 0.846. The monoisotopic (exact) mass is 436 g/mol. The van der Waals surface area contributed by atoms with Crippen LogP contribution in [0, 0.1) is 6.92 Å². The third-order valence-electron chi connectivity index (χ3n) is 5.43. The van der Waals surface area contributed by atoms with Gasteiger partial charge in [-0.15, -0.1) is 0 Å². The molecule has 9 heteroatoms. The number of rotatable bonds is 9. The van der Waals surface area contributed by atoms with Crippen molar-refractivity contribution in [1.82, 2.24) is 29.6 Å². The summed E-state index contributed by atoms with van der Waals surface area (Å²) in [6, 6.07) is 5.90. The van der Waals surface area contributed by atoms with Gasteiger partial charge in [0.05, 0.1) is 11.8 Å². The Kier molecular flexibility index (Phi) is 6.34. The highest BCUT2D eigenvalue weighted by atomic mass is 16.5. The number of benzene rings is 1. The summed E-state index contributed by atoms with van der Waals surface area (Å²) >= 11 is 0. The van der Waals surface area contributed by atoms with E-state index in [2.05, 4.69) is 27.4 Å². The van der Waals surface area contributed by atoms with E-state index in [1.807, 2.05) is 32.0 Å². The van der Waals surface area contributed by atoms with Gasteiger partial charge >= 0.3 is 0 Å². The van der Waals surface area contributed by atoms with E-state index in [0.29, 0.717) is 29.3 Å². The number of hydrogen-bond donors (Lipinski definition) is 1. The van der Waals surface area contributed by atoms with Crippen LogP contribution in [0.15, 0.2) is 33.8 Å². The van der Waals surface area contributed by atoms with E-state index >= 15 is 0 Å². The maximum absolute atomic E-state index is 13.5. The predicted octanol–water partition coefficient (Wildman–Crippen LogP) is 2.96. The van der Waals surface area contributed by atoms with Gasteiger partial charge in [-0.2, -0.15) is 4.98 Å². The number of nitrogens with zero attached hydrogens (tertiary/aromatic N) is 5. The highest BCUT2D eigenvalue weighted by Gasteiger charge is 2.19. The molecule has 0 bridgehead atoms. The lowest BCUT2D eigenvalue weighted by molar-refractivity contribution is -0.121. The Morgan fingerprint density at radius 1 is 1.22 bits per heavy atom. The zero-order chi connectivity index (χ0) is 22.7. The van der Waals surface area contributed by atoms with Crippen LogP contribution in [-0.2, 0) is 24.3 Å². The van der Waals surface area contributed by atoms with Crippen LogP contribution < -0.4 is 10.9 Å². The van der Waals surface area contributed by atoms with Crippen LogP contribution >= 0.6 is 0 Å². The molecule has 0 saturated carbocycles. The average molecular weight is 437 g/mol. The first kappa shape index (κ1) is 21.7. The van der Waals surface area contributed by atoms with Crippen LogP contribution in [0.5, 0.6) is 0 Å². The number of carbonyl (C=O) groups excluding carboxylic acids is 1. The summed E-state index contributed by atoms with van der Waals surface area (Å²) in [5, 5.41) is 7.74. The fraction of sp³-hybridized carbons (Fsp3) is 0.435. The molecule has 0 fully saturated rings. The molecule has 0 aliphatic heterocycles. The van der Waals surface area contributed by atoms with Gasteiger partial charge in [0.15, 0.2) is 5.82 Å². The topological polar surface area (TPSA) is 108 Å². The van der Waals surface area contributed by atoms with E-state index in [1.54, 1.807) is 4.57 Å². The summed E-state index contributed by atoms with van der Waals surface area (Å²) in [5.41, 5.74) is 2.60. The zero-order valence-corrected chi connectivity index (χ0v) is 18.7. The highest BCUT2D eigenvalue weighted by molar-refractivity contribution is 6.06. The molecule has 3 heterocycles. The third kappa shape index (κ3) is 4.28. The smallest absolute Gasteiger partial charge is 0.278 e. The van der Waals surface area contributed by atoms with Crippen molar-refractivity contribution >= 4 is 27.8 Å². The van der Waals surface area contributed by atoms with Gasteiger partial charge in [-0.25, -0.2) is 4.98 Å². The molecule has 0 radical (unpaired) electrons. The molecule has 0 aliphatic rings. The van der Waals surface area contributed by atoms with Crippen molar-refractivity contribution in [2.75, 3.05) is 6.54 Å². The number of nitrogens with one attached hydrogen (secondary N) is 1. The van der Waals surface area contributed by atoms with Gasteiger partial charge < -0.3 is 14.4 Å². The summed E-state index contributed by atoms with van der Waals surface area (Å²) in [7, 11) is 0. The van der Waals surface area contributed by atoms with Crippen LogP contribution in [0.25, 0.3) is 21.9 Å². The molecule has 0 spiro atoms. The first-order valence-corrected chi connectivity index (χ1v) is 11.1. The van der Waals surface area contributed by atoms with Crippen molar-refractivity contribution < 1.29 is 9.32 Å². The van der Waals surface area contributed by atoms with Gasteiger partial charge in [-0.1, -0.05) is 37.1 Å². The van der Waals surface area contributed by atoms with Gasteiger partial charge in [-0.3, -0.25) is 14.2 Å². The molecular formula is C23H28N6O3. The fourth-order valence-corrected chi connectivity index (χ4v) is 3.82. The summed E-state index contributed by atoms with van der Waals surface area (Å²) < 4.78 is 8.50. The average Bonchev–Trinajstić information content (AvgIpc) is 3.33. The molecule has 0 atom stereocenters. The summed E-state index contributed by atoms with van der Waals surface area (Å²) in [6.07, 6.45) is 5.04. The first-order valence-electron chi connectivity index (χ1n) is 11.1. The normalized spacial score (nSPS) is 11.5. The maximum atomic E-state index is 13.5. The van der Waals surface area contributed by atoms with Crippen LogP contribution in [0.2, 0.25) is 0 Å². The van der Waals surface area contributed by atoms with Crippen LogP contribution in [-0.4, -0.2) is 36.7 Å². The molecular weight excluding hydrogens is 408 g/mol. The molecule has 4 aromatic rings. The molecule has 32 heavy (non-hydrogen) atoms. The van der Waals surface area contributed by atoms with Crippen molar-refractivity contribution in [3.05, 3.63) is 52.2 Å². The van der Waals surface area contributed by atoms with E-state index in [4.69, 9.17) is 4.52 Å². The van der Waals surface area contributed by atoms with Crippen molar-refractivity contribution in [1.29, 1.82) is 0 Å². The molecule has 4 rings (SSSR count). The Morgan fingerprint density at radius 3 is 2.84 bits per heavy atom. The second-order valence-electron chi connectivity index (χ2n) is 8.04. The lowest BCUT2D eigenvalue weighted by atomic mass is 10.1. The molecule has 1 amide bonds. The fourth-order valence-electron chi connectivity index (χ4n) is 3.82. The lowest BCUT2D eigenvalue weighted by Gasteiger charge is -2.09. The second kappa shape index (κ2) is 9.33. The van der Waals surface area contributed by atoms with Gasteiger partial charge in [0, 0.05) is 18.4 Å². The van der Waals surface area contributed by atoms with Crippen molar-refractivity contribution in [2.24, 2.45) is 0 Å². The Bertz CT molecular complexity index is 1320. The van der Waals surface area contributed by atoms with E-state index in [9.17, 15) is 9.59 Å². The number of amides is 1. The van der Waals surface area contributed by atoms with E-state index in [-0.39, 0.29) is 24.6 Å². The summed E-state index contributed by atoms with van der Waals surface area (Å²) in [4.78, 5) is 35.0. The van der Waals surface area contributed by atoms with Crippen LogP contribution in [0.3, 0.4) is 0 Å². The van der Waals surface area contributed by atoms with E-state index < -0.39 is 0 Å². The third-order valence-corrected chi connectivity index (χ3v) is 5.43. The number of hydrogen-bond acceptors (Lipinski definition) is 6. The molecule has 168 valence electrons. The second-order valence-corrected chi connectivity index (χ2v) is 8.04. The number of unbranched alkanes of at least 4 members (excludes halogenated alkanes) is 1. The summed E-state index contributed by atoms with van der Waals surface area (Å²) in [6.45, 7) is 6.90. The SMILES string of the molecule is CCCCNC(=O)Cn1c2ccc(C)cc2c2ncn(Cc3nc(CCC)no3)c(=O)c21. The largest absolute Gasteiger partial charge is 0.355 e. The molecule has 1 N–H and O–H groups in total. The lowest BCUT2D eigenvalue weighted by Crippen LogP contribution is -2.30.